The fraction of sp³-hybridized carbons (Fsp3) is 0.391. The number of hydrogen-bond acceptors (Lipinski definition) is 4. The first-order valence-electron chi connectivity index (χ1n) is 9.88. The molecule has 0 bridgehead atoms. The Morgan fingerprint density at radius 3 is 2.82 bits per heavy atom. The van der Waals surface area contributed by atoms with Crippen LogP contribution in [0.15, 0.2) is 42.5 Å². The number of aryl methyl sites for hydroxylation is 2. The Hall–Kier alpha value is -2.68. The molecule has 1 aliphatic carbocycles. The lowest BCUT2D eigenvalue weighted by Gasteiger charge is -2.33. The van der Waals surface area contributed by atoms with Gasteiger partial charge in [-0.3, -0.25) is 4.79 Å². The highest BCUT2D eigenvalue weighted by atomic mass is 16.5. The second-order valence-electron chi connectivity index (χ2n) is 7.67. The number of ether oxygens (including phenoxy) is 1. The lowest BCUT2D eigenvalue weighted by Crippen LogP contribution is -2.57. The first-order chi connectivity index (χ1) is 13.6. The van der Waals surface area contributed by atoms with Crippen LogP contribution < -0.4 is 11.1 Å². The number of rotatable bonds is 4. The van der Waals surface area contributed by atoms with Crippen molar-refractivity contribution in [3.05, 3.63) is 59.2 Å². The van der Waals surface area contributed by atoms with Crippen LogP contribution >= 0.6 is 0 Å². The number of hydrogen-bond donors (Lipinski definition) is 2. The van der Waals surface area contributed by atoms with Crippen LogP contribution in [0, 0.1) is 17.2 Å². The van der Waals surface area contributed by atoms with Crippen LogP contribution in [-0.2, 0) is 28.8 Å². The first kappa shape index (κ1) is 18.7. The molecule has 0 radical (unpaired) electrons. The fourth-order valence-corrected chi connectivity index (χ4v) is 4.39. The van der Waals surface area contributed by atoms with Gasteiger partial charge in [-0.25, -0.2) is 0 Å². The lowest BCUT2D eigenvalue weighted by molar-refractivity contribution is -0.147. The molecule has 3 N–H and O–H groups in total. The molecular formula is C23H25N3O2. The third-order valence-corrected chi connectivity index (χ3v) is 5.96. The lowest BCUT2D eigenvalue weighted by atomic mass is 9.80. The molecule has 5 nitrogen and oxygen atoms in total. The molecule has 1 aliphatic heterocycles. The number of amides is 1. The molecule has 0 saturated carbocycles. The normalized spacial score (nSPS) is 22.2. The molecule has 2 atom stereocenters. The molecule has 2 aromatic carbocycles. The number of nitrogens with zero attached hydrogens (tertiary/aromatic N) is 1. The average molecular weight is 375 g/mol. The molecule has 144 valence electrons. The van der Waals surface area contributed by atoms with Gasteiger partial charge in [0.1, 0.15) is 0 Å². The zero-order chi connectivity index (χ0) is 19.6. The van der Waals surface area contributed by atoms with Gasteiger partial charge in [0.15, 0.2) is 5.60 Å². The SMILES string of the molecule is N#C[C@H](Cc1ccc2c(c1)CCc1ccccc1-2)C1(C(N)=O)CNCCCO1. The molecule has 1 heterocycles. The molecule has 4 rings (SSSR count). The van der Waals surface area contributed by atoms with Crippen molar-refractivity contribution in [1.82, 2.24) is 5.32 Å². The van der Waals surface area contributed by atoms with E-state index in [-0.39, 0.29) is 6.54 Å². The maximum absolute atomic E-state index is 12.3. The predicted octanol–water partition coefficient (Wildman–Crippen LogP) is 2.37. The Morgan fingerprint density at radius 2 is 2.00 bits per heavy atom. The van der Waals surface area contributed by atoms with Crippen molar-refractivity contribution in [3.8, 4) is 17.2 Å². The number of carbonyl (C=O) groups excluding carboxylic acids is 1. The monoisotopic (exact) mass is 375 g/mol. The van der Waals surface area contributed by atoms with E-state index in [1.807, 2.05) is 0 Å². The number of fused-ring (bicyclic) bond motifs is 3. The van der Waals surface area contributed by atoms with Crippen LogP contribution in [0.1, 0.15) is 23.1 Å². The topological polar surface area (TPSA) is 88.1 Å². The third kappa shape index (κ3) is 3.30. The predicted molar refractivity (Wildman–Crippen MR) is 107 cm³/mol. The zero-order valence-corrected chi connectivity index (χ0v) is 15.9. The van der Waals surface area contributed by atoms with Crippen LogP contribution in [-0.4, -0.2) is 31.2 Å². The van der Waals surface area contributed by atoms with Crippen LogP contribution in [0.25, 0.3) is 11.1 Å². The van der Waals surface area contributed by atoms with Gasteiger partial charge < -0.3 is 15.8 Å². The van der Waals surface area contributed by atoms with Crippen LogP contribution in [0.5, 0.6) is 0 Å². The maximum Gasteiger partial charge on any atom is 0.252 e. The van der Waals surface area contributed by atoms with Crippen molar-refractivity contribution in [2.45, 2.75) is 31.3 Å². The minimum Gasteiger partial charge on any atom is -0.367 e. The number of carbonyl (C=O) groups is 1. The van der Waals surface area contributed by atoms with Gasteiger partial charge in [0.05, 0.1) is 12.0 Å². The number of benzene rings is 2. The summed E-state index contributed by atoms with van der Waals surface area (Å²) in [5.41, 5.74) is 10.7. The first-order valence-corrected chi connectivity index (χ1v) is 9.88. The van der Waals surface area contributed by atoms with Crippen LogP contribution in [0.3, 0.4) is 0 Å². The summed E-state index contributed by atoms with van der Waals surface area (Å²) in [7, 11) is 0. The zero-order valence-electron chi connectivity index (χ0n) is 15.9. The highest BCUT2D eigenvalue weighted by Gasteiger charge is 2.46. The Kier molecular flexibility index (Phi) is 5.17. The summed E-state index contributed by atoms with van der Waals surface area (Å²) < 4.78 is 5.88. The van der Waals surface area contributed by atoms with Crippen molar-refractivity contribution < 1.29 is 9.53 Å². The largest absolute Gasteiger partial charge is 0.367 e. The van der Waals surface area contributed by atoms with E-state index in [0.29, 0.717) is 13.0 Å². The summed E-state index contributed by atoms with van der Waals surface area (Å²) >= 11 is 0. The molecule has 2 aliphatic rings. The molecule has 28 heavy (non-hydrogen) atoms. The van der Waals surface area contributed by atoms with E-state index in [0.717, 1.165) is 31.4 Å². The minimum atomic E-state index is -1.28. The Bertz CT molecular complexity index is 924. The van der Waals surface area contributed by atoms with Crippen molar-refractivity contribution >= 4 is 5.91 Å². The summed E-state index contributed by atoms with van der Waals surface area (Å²) in [6, 6.07) is 17.2. The van der Waals surface area contributed by atoms with Gasteiger partial charge in [-0.1, -0.05) is 42.5 Å². The van der Waals surface area contributed by atoms with Gasteiger partial charge in [-0.05, 0) is 60.0 Å². The third-order valence-electron chi connectivity index (χ3n) is 5.96. The number of nitrogens with one attached hydrogen (secondary N) is 1. The summed E-state index contributed by atoms with van der Waals surface area (Å²) in [5.74, 6) is -1.20. The Balaban J connectivity index is 1.63. The van der Waals surface area contributed by atoms with Gasteiger partial charge in [-0.15, -0.1) is 0 Å². The van der Waals surface area contributed by atoms with Crippen molar-refractivity contribution in [2.24, 2.45) is 11.7 Å². The van der Waals surface area contributed by atoms with E-state index in [4.69, 9.17) is 10.5 Å². The highest BCUT2D eigenvalue weighted by Crippen LogP contribution is 2.35. The maximum atomic E-state index is 12.3. The molecule has 1 unspecified atom stereocenters. The van der Waals surface area contributed by atoms with Gasteiger partial charge in [0.2, 0.25) is 0 Å². The van der Waals surface area contributed by atoms with E-state index >= 15 is 0 Å². The van der Waals surface area contributed by atoms with Crippen LogP contribution in [0.4, 0.5) is 0 Å². The number of nitriles is 1. The van der Waals surface area contributed by atoms with E-state index in [1.165, 1.54) is 22.3 Å². The molecule has 2 aromatic rings. The number of nitrogens with two attached hydrogens (primary N) is 1. The summed E-state index contributed by atoms with van der Waals surface area (Å²) in [6.07, 6.45) is 3.24. The van der Waals surface area contributed by atoms with E-state index < -0.39 is 17.4 Å². The standard InChI is InChI=1S/C23H25N3O2/c24-14-19(23(22(25)27)15-26-10-3-11-28-23)13-16-6-9-21-18(12-16)8-7-17-4-1-2-5-20(17)21/h1-2,4-6,9,12,19,26H,3,7-8,10-11,13,15H2,(H2,25,27)/t19-,23?/m0/s1. The van der Waals surface area contributed by atoms with Crippen molar-refractivity contribution in [1.29, 1.82) is 5.26 Å². The molecular weight excluding hydrogens is 350 g/mol. The summed E-state index contributed by atoms with van der Waals surface area (Å²) in [4.78, 5) is 12.3. The molecule has 5 heteroatoms. The molecule has 1 fully saturated rings. The van der Waals surface area contributed by atoms with Crippen LogP contribution in [0.2, 0.25) is 0 Å². The Morgan fingerprint density at radius 1 is 1.21 bits per heavy atom. The van der Waals surface area contributed by atoms with Gasteiger partial charge in [-0.2, -0.15) is 5.26 Å². The van der Waals surface area contributed by atoms with Gasteiger partial charge >= 0.3 is 0 Å². The van der Waals surface area contributed by atoms with E-state index in [9.17, 15) is 10.1 Å². The summed E-state index contributed by atoms with van der Waals surface area (Å²) in [5, 5.41) is 13.1. The average Bonchev–Trinajstić information content (AvgIpc) is 2.99. The second-order valence-corrected chi connectivity index (χ2v) is 7.67. The highest BCUT2D eigenvalue weighted by molar-refractivity contribution is 5.85. The quantitative estimate of drug-likeness (QED) is 0.859. The second kappa shape index (κ2) is 7.75. The van der Waals surface area contributed by atoms with Crippen molar-refractivity contribution in [3.63, 3.8) is 0 Å². The molecule has 1 saturated heterocycles. The molecule has 0 aromatic heterocycles. The summed E-state index contributed by atoms with van der Waals surface area (Å²) in [6.45, 7) is 1.46. The van der Waals surface area contributed by atoms with E-state index in [2.05, 4.69) is 53.9 Å². The van der Waals surface area contributed by atoms with Gasteiger partial charge in [0, 0.05) is 13.2 Å². The fourth-order valence-electron chi connectivity index (χ4n) is 4.39. The smallest absolute Gasteiger partial charge is 0.252 e. The Labute approximate surface area is 165 Å². The van der Waals surface area contributed by atoms with Crippen molar-refractivity contribution in [2.75, 3.05) is 19.7 Å². The van der Waals surface area contributed by atoms with Gasteiger partial charge in [0.25, 0.3) is 5.91 Å². The number of primary amides is 1. The molecule has 1 amide bonds. The molecule has 0 spiro atoms. The van der Waals surface area contributed by atoms with E-state index in [1.54, 1.807) is 0 Å². The minimum absolute atomic E-state index is 0.277.